The minimum atomic E-state index is -1.28. The molecule has 0 spiro atoms. The Hall–Kier alpha value is -0.816. The normalized spacial score (nSPS) is 16.0. The summed E-state index contributed by atoms with van der Waals surface area (Å²) in [6, 6.07) is 11.0. The van der Waals surface area contributed by atoms with Crippen molar-refractivity contribution in [3.05, 3.63) is 80.1 Å². The molecule has 96 valence electrons. The van der Waals surface area contributed by atoms with Crippen molar-refractivity contribution in [3.8, 4) is 0 Å². The van der Waals surface area contributed by atoms with Crippen molar-refractivity contribution in [2.24, 2.45) is 0 Å². The third-order valence-electron chi connectivity index (χ3n) is 3.54. The molecule has 0 aromatic heterocycles. The van der Waals surface area contributed by atoms with Gasteiger partial charge in [0.25, 0.3) is 0 Å². The molecular weight excluding hydrogens is 288 g/mol. The fraction of sp³-hybridized carbons (Fsp3) is 0.176. The van der Waals surface area contributed by atoms with Crippen LogP contribution in [0.4, 0.5) is 0 Å². The second kappa shape index (κ2) is 7.10. The second-order valence-corrected chi connectivity index (χ2v) is 8.84. The van der Waals surface area contributed by atoms with Crippen molar-refractivity contribution in [2.75, 3.05) is 0 Å². The molecule has 19 heavy (non-hydrogen) atoms. The van der Waals surface area contributed by atoms with Gasteiger partial charge in [0.1, 0.15) is 0 Å². The molecule has 0 saturated heterocycles. The minimum absolute atomic E-state index is 0. The summed E-state index contributed by atoms with van der Waals surface area (Å²) < 4.78 is 4.75. The van der Waals surface area contributed by atoms with E-state index < -0.39 is 17.9 Å². The van der Waals surface area contributed by atoms with Gasteiger partial charge in [0.05, 0.1) is 0 Å². The predicted molar refractivity (Wildman–Crippen MR) is 73.8 cm³/mol. The number of hydrogen-bond donors (Lipinski definition) is 0. The molecule has 2 aliphatic rings. The van der Waals surface area contributed by atoms with Gasteiger partial charge in [-0.1, -0.05) is 0 Å². The molecule has 3 rings (SSSR count). The first-order valence-electron chi connectivity index (χ1n) is 6.55. The average molecular weight is 305 g/mol. The summed E-state index contributed by atoms with van der Waals surface area (Å²) in [6.07, 6.45) is 16.2. The minimum Gasteiger partial charge on any atom is -1.00 e. The van der Waals surface area contributed by atoms with Crippen LogP contribution in [0.2, 0.25) is 0 Å². The maximum absolute atomic E-state index is 2.37. The molecule has 0 radical (unpaired) electrons. The Bertz CT molecular complexity index is 508. The van der Waals surface area contributed by atoms with E-state index in [2.05, 4.69) is 66.8 Å². The van der Waals surface area contributed by atoms with Gasteiger partial charge in [-0.15, -0.1) is 0 Å². The Kier molecular flexibility index (Phi) is 5.45. The molecule has 0 fully saturated rings. The summed E-state index contributed by atoms with van der Waals surface area (Å²) in [6.45, 7) is 0. The van der Waals surface area contributed by atoms with Crippen molar-refractivity contribution in [3.63, 3.8) is 0 Å². The van der Waals surface area contributed by atoms with Crippen molar-refractivity contribution >= 4 is 0 Å². The first-order valence-corrected chi connectivity index (χ1v) is 9.22. The van der Waals surface area contributed by atoms with Crippen molar-refractivity contribution < 1.29 is 30.3 Å². The third kappa shape index (κ3) is 3.60. The van der Waals surface area contributed by atoms with E-state index in [9.17, 15) is 0 Å². The Balaban J connectivity index is 0.00000133. The Labute approximate surface area is 127 Å². The number of rotatable bonds is 4. The van der Waals surface area contributed by atoms with Crippen molar-refractivity contribution in [1.29, 1.82) is 0 Å². The van der Waals surface area contributed by atoms with E-state index in [1.807, 2.05) is 0 Å². The van der Waals surface area contributed by atoms with Gasteiger partial charge in [0.15, 0.2) is 0 Å². The average Bonchev–Trinajstić information content (AvgIpc) is 3.11. The van der Waals surface area contributed by atoms with E-state index in [-0.39, 0.29) is 12.4 Å². The largest absolute Gasteiger partial charge is 1.00 e. The molecule has 2 aliphatic carbocycles. The molecule has 2 heteroatoms. The smallest absolute Gasteiger partial charge is 1.00 e. The summed E-state index contributed by atoms with van der Waals surface area (Å²) in [4.78, 5) is 0. The first-order chi connectivity index (χ1) is 8.93. The van der Waals surface area contributed by atoms with Gasteiger partial charge in [0, 0.05) is 0 Å². The molecule has 0 N–H and O–H groups in total. The molecule has 0 atom stereocenters. The van der Waals surface area contributed by atoms with Crippen LogP contribution in [0.25, 0.3) is 0 Å². The molecule has 0 bridgehead atoms. The van der Waals surface area contributed by atoms with Gasteiger partial charge in [-0.05, 0) is 0 Å². The van der Waals surface area contributed by atoms with E-state index in [0.717, 1.165) is 0 Å². The van der Waals surface area contributed by atoms with E-state index in [0.29, 0.717) is 0 Å². The monoisotopic (exact) mass is 304 g/mol. The number of benzene rings is 1. The molecule has 0 saturated carbocycles. The number of hydrogen-bond acceptors (Lipinski definition) is 0. The second-order valence-electron chi connectivity index (χ2n) is 4.79. The van der Waals surface area contributed by atoms with Crippen LogP contribution in [0, 0.1) is 0 Å². The Morgan fingerprint density at radius 3 is 1.89 bits per heavy atom. The maximum Gasteiger partial charge on any atom is -1.00 e. The molecule has 1 aromatic rings. The van der Waals surface area contributed by atoms with Crippen LogP contribution in [0.1, 0.15) is 18.4 Å². The topological polar surface area (TPSA) is 0 Å². The number of halogens is 1. The quantitative estimate of drug-likeness (QED) is 0.740. The van der Waals surface area contributed by atoms with E-state index in [4.69, 9.17) is 0 Å². The van der Waals surface area contributed by atoms with Gasteiger partial charge in [-0.2, -0.15) is 0 Å². The van der Waals surface area contributed by atoms with Crippen LogP contribution >= 0.6 is 0 Å². The summed E-state index contributed by atoms with van der Waals surface area (Å²) in [5, 5.41) is 0. The van der Waals surface area contributed by atoms with Gasteiger partial charge in [-0.25, -0.2) is 0 Å². The number of allylic oxidation sites excluding steroid dienone is 8. The van der Waals surface area contributed by atoms with Crippen LogP contribution in [0.15, 0.2) is 74.5 Å². The predicted octanol–water partition coefficient (Wildman–Crippen LogP) is 1.50. The molecule has 0 aliphatic heterocycles. The first kappa shape index (κ1) is 14.6. The fourth-order valence-corrected chi connectivity index (χ4v) is 7.00. The van der Waals surface area contributed by atoms with Crippen LogP contribution < -0.4 is 12.4 Å². The molecule has 0 amide bonds. The van der Waals surface area contributed by atoms with Gasteiger partial charge < -0.3 is 12.4 Å². The van der Waals surface area contributed by atoms with Crippen molar-refractivity contribution in [1.82, 2.24) is 0 Å². The zero-order valence-corrected chi connectivity index (χ0v) is 13.2. The Morgan fingerprint density at radius 1 is 0.842 bits per heavy atom. The zero-order valence-electron chi connectivity index (χ0n) is 10.9. The summed E-state index contributed by atoms with van der Waals surface area (Å²) >= 11 is -1.28. The molecule has 1 aromatic carbocycles. The van der Waals surface area contributed by atoms with Crippen LogP contribution in [-0.4, -0.2) is 0 Å². The SMILES string of the molecule is C1=CC[C]([Ti+]([CH2]c2ccccc2)[C]2=CC=CC2)=C1.[Cl-]. The van der Waals surface area contributed by atoms with E-state index >= 15 is 0 Å². The fourth-order valence-electron chi connectivity index (χ4n) is 2.58. The summed E-state index contributed by atoms with van der Waals surface area (Å²) in [7, 11) is 0. The molecule has 0 heterocycles. The Morgan fingerprint density at radius 2 is 1.42 bits per heavy atom. The van der Waals surface area contributed by atoms with Crippen molar-refractivity contribution in [2.45, 2.75) is 17.6 Å². The van der Waals surface area contributed by atoms with Gasteiger partial charge >= 0.3 is 116 Å². The van der Waals surface area contributed by atoms with Gasteiger partial charge in [0.2, 0.25) is 0 Å². The van der Waals surface area contributed by atoms with Crippen LogP contribution in [-0.2, 0) is 22.6 Å². The molecule has 0 nitrogen and oxygen atoms in total. The van der Waals surface area contributed by atoms with E-state index in [1.54, 1.807) is 7.76 Å². The molecule has 0 unspecified atom stereocenters. The zero-order chi connectivity index (χ0) is 12.2. The summed E-state index contributed by atoms with van der Waals surface area (Å²) in [5.41, 5.74) is 1.51. The van der Waals surface area contributed by atoms with Gasteiger partial charge in [-0.3, -0.25) is 0 Å². The summed E-state index contributed by atoms with van der Waals surface area (Å²) in [5.74, 6) is 0. The molecular formula is C17H17ClTi. The maximum atomic E-state index is 2.37. The van der Waals surface area contributed by atoms with Crippen LogP contribution in [0.5, 0.6) is 0 Å². The van der Waals surface area contributed by atoms with Crippen LogP contribution in [0.3, 0.4) is 0 Å². The van der Waals surface area contributed by atoms with E-state index in [1.165, 1.54) is 23.1 Å². The standard InChI is InChI=1S/C7H7.2C5H5.ClH.Ti/c1-7-5-3-2-4-6-7;2*1-2-4-5-3-1;;/h2-6H,1H2;2*1-3H,4H2;1H;/q;;;;+1/p-1. The third-order valence-corrected chi connectivity index (χ3v) is 8.31.